The van der Waals surface area contributed by atoms with E-state index in [2.05, 4.69) is 25.2 Å². The second kappa shape index (κ2) is 7.45. The van der Waals surface area contributed by atoms with E-state index in [0.717, 1.165) is 19.3 Å². The molecule has 3 N–H and O–H groups in total. The van der Waals surface area contributed by atoms with E-state index in [-0.39, 0.29) is 5.91 Å². The highest BCUT2D eigenvalue weighted by Crippen LogP contribution is 2.21. The lowest BCUT2D eigenvalue weighted by molar-refractivity contribution is -0.121. The molecule has 0 aliphatic carbocycles. The molecular weight excluding hydrogens is 232 g/mol. The van der Waals surface area contributed by atoms with Gasteiger partial charge in [0, 0.05) is 22.7 Å². The normalized spacial score (nSPS) is 10.5. The van der Waals surface area contributed by atoms with Gasteiger partial charge in [0.15, 0.2) is 0 Å². The Labute approximate surface area is 107 Å². The Morgan fingerprint density at radius 2 is 2.18 bits per heavy atom. The molecule has 1 aromatic heterocycles. The van der Waals surface area contributed by atoms with Gasteiger partial charge in [-0.15, -0.1) is 11.3 Å². The molecule has 0 fully saturated rings. The van der Waals surface area contributed by atoms with E-state index in [0.29, 0.717) is 19.5 Å². The van der Waals surface area contributed by atoms with E-state index in [4.69, 9.17) is 5.73 Å². The first kappa shape index (κ1) is 14.2. The fourth-order valence-electron chi connectivity index (χ4n) is 1.79. The number of carbonyl (C=O) groups excluding carboxylic acids is 1. The van der Waals surface area contributed by atoms with Crippen molar-refractivity contribution in [2.24, 2.45) is 5.73 Å². The van der Waals surface area contributed by atoms with E-state index in [1.165, 1.54) is 15.3 Å². The third-order valence-electron chi connectivity index (χ3n) is 2.70. The summed E-state index contributed by atoms with van der Waals surface area (Å²) in [5.41, 5.74) is 6.75. The van der Waals surface area contributed by atoms with E-state index in [1.807, 2.05) is 11.3 Å². The van der Waals surface area contributed by atoms with Gasteiger partial charge in [-0.3, -0.25) is 4.79 Å². The molecular formula is C13H22N2OS. The molecule has 0 aromatic carbocycles. The summed E-state index contributed by atoms with van der Waals surface area (Å²) in [5.74, 6) is 0.142. The Morgan fingerprint density at radius 3 is 2.76 bits per heavy atom. The molecule has 0 saturated carbocycles. The van der Waals surface area contributed by atoms with Crippen molar-refractivity contribution in [1.82, 2.24) is 5.32 Å². The minimum atomic E-state index is 0.142. The molecule has 0 aliphatic rings. The predicted molar refractivity (Wildman–Crippen MR) is 73.4 cm³/mol. The van der Waals surface area contributed by atoms with Crippen LogP contribution < -0.4 is 11.1 Å². The molecule has 3 nitrogen and oxygen atoms in total. The van der Waals surface area contributed by atoms with Crippen molar-refractivity contribution in [1.29, 1.82) is 0 Å². The maximum Gasteiger partial charge on any atom is 0.220 e. The summed E-state index contributed by atoms with van der Waals surface area (Å²) in [4.78, 5) is 14.2. The van der Waals surface area contributed by atoms with Crippen LogP contribution in [0.25, 0.3) is 0 Å². The molecule has 17 heavy (non-hydrogen) atoms. The fraction of sp³-hybridized carbons (Fsp3) is 0.615. The van der Waals surface area contributed by atoms with Gasteiger partial charge < -0.3 is 11.1 Å². The summed E-state index contributed by atoms with van der Waals surface area (Å²) >= 11 is 1.83. The molecule has 1 aromatic rings. The maximum atomic E-state index is 11.4. The fourth-order valence-corrected chi connectivity index (χ4v) is 2.77. The Hall–Kier alpha value is -0.870. The zero-order chi connectivity index (χ0) is 12.7. The topological polar surface area (TPSA) is 55.1 Å². The van der Waals surface area contributed by atoms with Gasteiger partial charge in [-0.25, -0.2) is 0 Å². The van der Waals surface area contributed by atoms with Crippen molar-refractivity contribution in [2.75, 3.05) is 13.1 Å². The van der Waals surface area contributed by atoms with Gasteiger partial charge in [0.25, 0.3) is 0 Å². The number of nitrogens with one attached hydrogen (secondary N) is 1. The lowest BCUT2D eigenvalue weighted by atomic mass is 10.1. The van der Waals surface area contributed by atoms with Crippen LogP contribution in [0, 0.1) is 13.8 Å². The van der Waals surface area contributed by atoms with E-state index < -0.39 is 0 Å². The van der Waals surface area contributed by atoms with Crippen LogP contribution in [-0.4, -0.2) is 19.0 Å². The van der Waals surface area contributed by atoms with Gasteiger partial charge >= 0.3 is 0 Å². The molecule has 1 heterocycles. The molecule has 0 aliphatic heterocycles. The largest absolute Gasteiger partial charge is 0.356 e. The van der Waals surface area contributed by atoms with Gasteiger partial charge in [-0.1, -0.05) is 0 Å². The second-order valence-electron chi connectivity index (χ2n) is 4.28. The van der Waals surface area contributed by atoms with Crippen LogP contribution in [0.5, 0.6) is 0 Å². The molecule has 0 unspecified atom stereocenters. The standard InChI is InChI=1S/C13H22N2OS/c1-10-9-12(11(2)17-10)5-3-6-13(16)15-8-4-7-14/h9H,3-8,14H2,1-2H3,(H,15,16). The van der Waals surface area contributed by atoms with Crippen molar-refractivity contribution < 1.29 is 4.79 Å². The van der Waals surface area contributed by atoms with Crippen molar-refractivity contribution in [3.8, 4) is 0 Å². The second-order valence-corrected chi connectivity index (χ2v) is 5.74. The molecule has 0 radical (unpaired) electrons. The minimum Gasteiger partial charge on any atom is -0.356 e. The van der Waals surface area contributed by atoms with Crippen LogP contribution in [-0.2, 0) is 11.2 Å². The van der Waals surface area contributed by atoms with Crippen LogP contribution in [0.3, 0.4) is 0 Å². The van der Waals surface area contributed by atoms with Gasteiger partial charge in [0.05, 0.1) is 0 Å². The van der Waals surface area contributed by atoms with Crippen LogP contribution in [0.15, 0.2) is 6.07 Å². The minimum absolute atomic E-state index is 0.142. The Bertz CT molecular complexity index is 360. The summed E-state index contributed by atoms with van der Waals surface area (Å²) < 4.78 is 0. The third kappa shape index (κ3) is 5.33. The highest BCUT2D eigenvalue weighted by molar-refractivity contribution is 7.12. The lowest BCUT2D eigenvalue weighted by Crippen LogP contribution is -2.25. The molecule has 1 amide bonds. The van der Waals surface area contributed by atoms with Gasteiger partial charge in [0.2, 0.25) is 5.91 Å². The van der Waals surface area contributed by atoms with Crippen LogP contribution in [0.4, 0.5) is 0 Å². The Morgan fingerprint density at radius 1 is 1.41 bits per heavy atom. The quantitative estimate of drug-likeness (QED) is 0.733. The average molecular weight is 254 g/mol. The number of hydrogen-bond acceptors (Lipinski definition) is 3. The lowest BCUT2D eigenvalue weighted by Gasteiger charge is -2.04. The Kier molecular flexibility index (Phi) is 6.22. The van der Waals surface area contributed by atoms with Crippen molar-refractivity contribution in [3.63, 3.8) is 0 Å². The average Bonchev–Trinajstić information content (AvgIpc) is 2.58. The summed E-state index contributed by atoms with van der Waals surface area (Å²) in [6.45, 7) is 5.61. The number of nitrogens with two attached hydrogens (primary N) is 1. The number of thiophene rings is 1. The van der Waals surface area contributed by atoms with Gasteiger partial charge in [0.1, 0.15) is 0 Å². The molecule has 4 heteroatoms. The summed E-state index contributed by atoms with van der Waals surface area (Å²) in [6, 6.07) is 2.23. The molecule has 0 spiro atoms. The first-order chi connectivity index (χ1) is 8.13. The molecule has 0 atom stereocenters. The van der Waals surface area contributed by atoms with Crippen LogP contribution >= 0.6 is 11.3 Å². The third-order valence-corrected chi connectivity index (χ3v) is 3.71. The zero-order valence-corrected chi connectivity index (χ0v) is 11.5. The highest BCUT2D eigenvalue weighted by Gasteiger charge is 2.05. The van der Waals surface area contributed by atoms with Crippen molar-refractivity contribution in [2.45, 2.75) is 39.5 Å². The number of hydrogen-bond donors (Lipinski definition) is 2. The first-order valence-electron chi connectivity index (χ1n) is 6.16. The smallest absolute Gasteiger partial charge is 0.220 e. The number of carbonyl (C=O) groups is 1. The molecule has 0 saturated heterocycles. The number of amides is 1. The van der Waals surface area contributed by atoms with E-state index in [9.17, 15) is 4.79 Å². The molecule has 96 valence electrons. The molecule has 0 bridgehead atoms. The monoisotopic (exact) mass is 254 g/mol. The summed E-state index contributed by atoms with van der Waals surface area (Å²) in [5, 5.41) is 2.87. The summed E-state index contributed by atoms with van der Waals surface area (Å²) in [7, 11) is 0. The SMILES string of the molecule is Cc1cc(CCCC(=O)NCCCN)c(C)s1. The van der Waals surface area contributed by atoms with Crippen molar-refractivity contribution in [3.05, 3.63) is 21.4 Å². The Balaban J connectivity index is 2.19. The first-order valence-corrected chi connectivity index (χ1v) is 6.98. The van der Waals surface area contributed by atoms with Crippen LogP contribution in [0.2, 0.25) is 0 Å². The van der Waals surface area contributed by atoms with Crippen LogP contribution in [0.1, 0.15) is 34.6 Å². The van der Waals surface area contributed by atoms with Gasteiger partial charge in [-0.05, 0) is 51.3 Å². The predicted octanol–water partition coefficient (Wildman–Crippen LogP) is 2.15. The number of aryl methyl sites for hydroxylation is 3. The maximum absolute atomic E-state index is 11.4. The summed E-state index contributed by atoms with van der Waals surface area (Å²) in [6.07, 6.45) is 3.39. The zero-order valence-electron chi connectivity index (χ0n) is 10.7. The van der Waals surface area contributed by atoms with Gasteiger partial charge in [-0.2, -0.15) is 0 Å². The highest BCUT2D eigenvalue weighted by atomic mass is 32.1. The van der Waals surface area contributed by atoms with E-state index >= 15 is 0 Å². The number of rotatable bonds is 7. The van der Waals surface area contributed by atoms with Crippen molar-refractivity contribution >= 4 is 17.2 Å². The molecule has 1 rings (SSSR count). The van der Waals surface area contributed by atoms with E-state index in [1.54, 1.807) is 0 Å².